The van der Waals surface area contributed by atoms with Crippen molar-refractivity contribution in [2.45, 2.75) is 19.8 Å². The molecule has 6 nitrogen and oxygen atoms in total. The van der Waals surface area contributed by atoms with Gasteiger partial charge in [0, 0.05) is 24.2 Å². The third-order valence-corrected chi connectivity index (χ3v) is 4.92. The Kier molecular flexibility index (Phi) is 7.88. The Morgan fingerprint density at radius 2 is 2.04 bits per heavy atom. The molecule has 0 bridgehead atoms. The molecule has 0 spiro atoms. The van der Waals surface area contributed by atoms with Crippen molar-refractivity contribution >= 4 is 40.9 Å². The standard InChI is InChI=1S/C19H21Cl2N3O3/c1-2-12(19(27)24-11-17(25)26)6-8-22-16-10-13(7-9-23-16)14-4-3-5-15(20)18(14)21/h3-5,7,9-10,12H,2,6,8,11H2,1H3,(H,22,23)(H,24,27)(H,25,26). The van der Waals surface area contributed by atoms with E-state index in [4.69, 9.17) is 28.3 Å². The lowest BCUT2D eigenvalue weighted by molar-refractivity contribution is -0.138. The van der Waals surface area contributed by atoms with Crippen molar-refractivity contribution in [2.24, 2.45) is 5.92 Å². The SMILES string of the molecule is CCC(CCNc1cc(-c2cccc(Cl)c2Cl)ccn1)C(=O)NCC(=O)O. The average Bonchev–Trinajstić information content (AvgIpc) is 2.65. The molecule has 0 aliphatic carbocycles. The van der Waals surface area contributed by atoms with Crippen LogP contribution in [0.2, 0.25) is 10.0 Å². The Morgan fingerprint density at radius 1 is 1.26 bits per heavy atom. The van der Waals surface area contributed by atoms with Crippen LogP contribution in [0.15, 0.2) is 36.5 Å². The summed E-state index contributed by atoms with van der Waals surface area (Å²) < 4.78 is 0. The molecular weight excluding hydrogens is 389 g/mol. The van der Waals surface area contributed by atoms with E-state index in [0.717, 1.165) is 11.1 Å². The summed E-state index contributed by atoms with van der Waals surface area (Å²) in [4.78, 5) is 26.8. The highest BCUT2D eigenvalue weighted by atomic mass is 35.5. The van der Waals surface area contributed by atoms with Crippen molar-refractivity contribution < 1.29 is 14.7 Å². The van der Waals surface area contributed by atoms with Crippen molar-refractivity contribution in [1.29, 1.82) is 0 Å². The number of aliphatic carboxylic acids is 1. The Hall–Kier alpha value is -2.31. The van der Waals surface area contributed by atoms with E-state index in [1.54, 1.807) is 12.3 Å². The van der Waals surface area contributed by atoms with E-state index in [-0.39, 0.29) is 18.4 Å². The molecule has 1 unspecified atom stereocenters. The first-order chi connectivity index (χ1) is 12.9. The molecule has 2 rings (SSSR count). The molecule has 1 aromatic heterocycles. The van der Waals surface area contributed by atoms with E-state index in [0.29, 0.717) is 35.2 Å². The topological polar surface area (TPSA) is 91.3 Å². The number of benzene rings is 1. The summed E-state index contributed by atoms with van der Waals surface area (Å²) >= 11 is 12.3. The normalized spacial score (nSPS) is 11.7. The van der Waals surface area contributed by atoms with Crippen LogP contribution in [0.4, 0.5) is 5.82 Å². The highest BCUT2D eigenvalue weighted by molar-refractivity contribution is 6.43. The summed E-state index contributed by atoms with van der Waals surface area (Å²) in [6.45, 7) is 2.05. The van der Waals surface area contributed by atoms with E-state index in [1.807, 2.05) is 31.2 Å². The lowest BCUT2D eigenvalue weighted by Gasteiger charge is -2.15. The number of aromatic nitrogens is 1. The molecule has 0 radical (unpaired) electrons. The summed E-state index contributed by atoms with van der Waals surface area (Å²) in [5, 5.41) is 15.2. The first kappa shape index (κ1) is 21.0. The van der Waals surface area contributed by atoms with Gasteiger partial charge in [0.05, 0.1) is 10.0 Å². The number of hydrogen-bond acceptors (Lipinski definition) is 4. The van der Waals surface area contributed by atoms with Crippen LogP contribution >= 0.6 is 23.2 Å². The fraction of sp³-hybridized carbons (Fsp3) is 0.316. The fourth-order valence-corrected chi connectivity index (χ4v) is 3.03. The van der Waals surface area contributed by atoms with Crippen molar-refractivity contribution in [3.63, 3.8) is 0 Å². The Bertz CT molecular complexity index is 815. The van der Waals surface area contributed by atoms with Crippen LogP contribution in [0, 0.1) is 5.92 Å². The molecule has 1 atom stereocenters. The summed E-state index contributed by atoms with van der Waals surface area (Å²) in [5.74, 6) is -0.919. The quantitative estimate of drug-likeness (QED) is 0.580. The predicted octanol–water partition coefficient (Wildman–Crippen LogP) is 4.08. The number of rotatable bonds is 9. The number of hydrogen-bond donors (Lipinski definition) is 3. The second-order valence-electron chi connectivity index (χ2n) is 5.96. The first-order valence-electron chi connectivity index (χ1n) is 8.56. The fourth-order valence-electron chi connectivity index (χ4n) is 2.62. The van der Waals surface area contributed by atoms with E-state index in [2.05, 4.69) is 15.6 Å². The second kappa shape index (κ2) is 10.1. The number of amides is 1. The van der Waals surface area contributed by atoms with Gasteiger partial charge < -0.3 is 15.7 Å². The number of carbonyl (C=O) groups excluding carboxylic acids is 1. The Balaban J connectivity index is 1.97. The Morgan fingerprint density at radius 3 is 2.74 bits per heavy atom. The van der Waals surface area contributed by atoms with Crippen LogP contribution in [0.3, 0.4) is 0 Å². The summed E-state index contributed by atoms with van der Waals surface area (Å²) in [7, 11) is 0. The minimum absolute atomic E-state index is 0.255. The Labute approximate surface area is 167 Å². The van der Waals surface area contributed by atoms with E-state index >= 15 is 0 Å². The molecule has 27 heavy (non-hydrogen) atoms. The van der Waals surface area contributed by atoms with Crippen LogP contribution in [-0.4, -0.2) is 35.1 Å². The molecule has 144 valence electrons. The third-order valence-electron chi connectivity index (χ3n) is 4.10. The van der Waals surface area contributed by atoms with Crippen molar-refractivity contribution in [3.05, 3.63) is 46.6 Å². The zero-order valence-corrected chi connectivity index (χ0v) is 16.3. The maximum absolute atomic E-state index is 12.0. The summed E-state index contributed by atoms with van der Waals surface area (Å²) in [5.41, 5.74) is 1.69. The highest BCUT2D eigenvalue weighted by Gasteiger charge is 2.16. The van der Waals surface area contributed by atoms with Crippen molar-refractivity contribution in [2.75, 3.05) is 18.4 Å². The molecule has 0 aliphatic heterocycles. The number of anilines is 1. The largest absolute Gasteiger partial charge is 0.480 e. The number of nitrogens with one attached hydrogen (secondary N) is 2. The lowest BCUT2D eigenvalue weighted by atomic mass is 10.0. The lowest BCUT2D eigenvalue weighted by Crippen LogP contribution is -2.35. The van der Waals surface area contributed by atoms with Crippen LogP contribution in [0.5, 0.6) is 0 Å². The predicted molar refractivity (Wildman–Crippen MR) is 107 cm³/mol. The molecule has 0 saturated carbocycles. The van der Waals surface area contributed by atoms with Gasteiger partial charge in [-0.25, -0.2) is 4.98 Å². The number of pyridine rings is 1. The zero-order chi connectivity index (χ0) is 19.8. The van der Waals surface area contributed by atoms with Gasteiger partial charge in [0.15, 0.2) is 0 Å². The van der Waals surface area contributed by atoms with Gasteiger partial charge >= 0.3 is 5.97 Å². The van der Waals surface area contributed by atoms with E-state index in [1.165, 1.54) is 0 Å². The van der Waals surface area contributed by atoms with Gasteiger partial charge in [-0.15, -0.1) is 0 Å². The minimum atomic E-state index is -1.06. The van der Waals surface area contributed by atoms with Gasteiger partial charge in [0.25, 0.3) is 0 Å². The van der Waals surface area contributed by atoms with Crippen LogP contribution < -0.4 is 10.6 Å². The smallest absolute Gasteiger partial charge is 0.322 e. The molecule has 0 saturated heterocycles. The number of nitrogens with zero attached hydrogens (tertiary/aromatic N) is 1. The van der Waals surface area contributed by atoms with Gasteiger partial charge in [0.1, 0.15) is 12.4 Å². The number of halogens is 2. The van der Waals surface area contributed by atoms with Crippen molar-refractivity contribution in [3.8, 4) is 11.1 Å². The van der Waals surface area contributed by atoms with E-state index in [9.17, 15) is 9.59 Å². The molecule has 0 aliphatic rings. The molecule has 1 aromatic carbocycles. The monoisotopic (exact) mass is 409 g/mol. The molecule has 3 N–H and O–H groups in total. The molecule has 0 fully saturated rings. The second-order valence-corrected chi connectivity index (χ2v) is 6.75. The number of carboxylic acid groups (broad SMARTS) is 1. The van der Waals surface area contributed by atoms with Crippen molar-refractivity contribution in [1.82, 2.24) is 10.3 Å². The maximum atomic E-state index is 12.0. The number of carboxylic acids is 1. The summed E-state index contributed by atoms with van der Waals surface area (Å²) in [6.07, 6.45) is 2.86. The number of carbonyl (C=O) groups is 2. The molecule has 8 heteroatoms. The van der Waals surface area contributed by atoms with Crippen LogP contribution in [0.1, 0.15) is 19.8 Å². The van der Waals surface area contributed by atoms with Crippen LogP contribution in [-0.2, 0) is 9.59 Å². The van der Waals surface area contributed by atoms with Gasteiger partial charge in [-0.2, -0.15) is 0 Å². The van der Waals surface area contributed by atoms with Crippen LogP contribution in [0.25, 0.3) is 11.1 Å². The first-order valence-corrected chi connectivity index (χ1v) is 9.31. The molecule has 1 amide bonds. The van der Waals surface area contributed by atoms with Gasteiger partial charge in [0.2, 0.25) is 5.91 Å². The van der Waals surface area contributed by atoms with Gasteiger partial charge in [-0.05, 0) is 36.6 Å². The maximum Gasteiger partial charge on any atom is 0.322 e. The third kappa shape index (κ3) is 6.12. The summed E-state index contributed by atoms with van der Waals surface area (Å²) in [6, 6.07) is 9.15. The molecule has 1 heterocycles. The molecule has 2 aromatic rings. The van der Waals surface area contributed by atoms with E-state index < -0.39 is 5.97 Å². The minimum Gasteiger partial charge on any atom is -0.480 e. The zero-order valence-electron chi connectivity index (χ0n) is 14.8. The average molecular weight is 410 g/mol. The van der Waals surface area contributed by atoms with Gasteiger partial charge in [-0.3, -0.25) is 9.59 Å². The molecular formula is C19H21Cl2N3O3. The van der Waals surface area contributed by atoms with Gasteiger partial charge in [-0.1, -0.05) is 42.3 Å². The highest BCUT2D eigenvalue weighted by Crippen LogP contribution is 2.33.